The highest BCUT2D eigenvalue weighted by molar-refractivity contribution is 5.89. The van der Waals surface area contributed by atoms with Crippen molar-refractivity contribution < 1.29 is 15.0 Å². The number of hydrogen-bond donors (Lipinski definition) is 2. The van der Waals surface area contributed by atoms with E-state index in [1.54, 1.807) is 12.2 Å². The molecular weight excluding hydrogens is 252 g/mol. The van der Waals surface area contributed by atoms with E-state index >= 15 is 0 Å². The van der Waals surface area contributed by atoms with E-state index in [0.717, 1.165) is 5.57 Å². The van der Waals surface area contributed by atoms with Crippen LogP contribution in [0.4, 0.5) is 0 Å². The minimum absolute atomic E-state index is 0.0243. The van der Waals surface area contributed by atoms with Gasteiger partial charge in [0.2, 0.25) is 0 Å². The number of aliphatic carboxylic acids is 1. The molecule has 1 unspecified atom stereocenters. The molecule has 1 rings (SSSR count). The highest BCUT2D eigenvalue weighted by Crippen LogP contribution is 2.43. The predicted octanol–water partition coefficient (Wildman–Crippen LogP) is 4.48. The van der Waals surface area contributed by atoms with Gasteiger partial charge < -0.3 is 10.2 Å². The minimum atomic E-state index is -0.852. The Morgan fingerprint density at radius 3 is 2.00 bits per heavy atom. The molecule has 1 aliphatic rings. The van der Waals surface area contributed by atoms with Gasteiger partial charge in [-0.2, -0.15) is 0 Å². The Kier molecular flexibility index (Phi) is 4.52. The lowest BCUT2D eigenvalue weighted by Gasteiger charge is -2.35. The lowest BCUT2D eigenvalue weighted by Crippen LogP contribution is -2.28. The normalized spacial score (nSPS) is 21.3. The molecule has 0 aliphatic heterocycles. The molecule has 0 radical (unpaired) electrons. The molecule has 0 saturated heterocycles. The van der Waals surface area contributed by atoms with Gasteiger partial charge in [0.05, 0.1) is 0 Å². The molecule has 0 saturated carbocycles. The molecule has 0 amide bonds. The van der Waals surface area contributed by atoms with Gasteiger partial charge in [-0.05, 0) is 35.0 Å². The molecular formula is C17H26O3. The Hall–Kier alpha value is -1.51. The van der Waals surface area contributed by atoms with Crippen LogP contribution >= 0.6 is 0 Å². The Bertz CT molecular complexity index is 479. The summed E-state index contributed by atoms with van der Waals surface area (Å²) in [6, 6.07) is 0. The van der Waals surface area contributed by atoms with Gasteiger partial charge in [-0.3, -0.25) is 0 Å². The molecule has 0 aromatic carbocycles. The Balaban J connectivity index is 3.47. The minimum Gasteiger partial charge on any atom is -0.508 e. The highest BCUT2D eigenvalue weighted by atomic mass is 16.4. The van der Waals surface area contributed by atoms with Crippen LogP contribution in [0.3, 0.4) is 0 Å². The largest absolute Gasteiger partial charge is 0.508 e. The molecule has 1 atom stereocenters. The third-order valence-corrected chi connectivity index (χ3v) is 3.49. The summed E-state index contributed by atoms with van der Waals surface area (Å²) in [5, 5.41) is 19.1. The fourth-order valence-electron chi connectivity index (χ4n) is 2.78. The van der Waals surface area contributed by atoms with E-state index < -0.39 is 11.4 Å². The van der Waals surface area contributed by atoms with Crippen molar-refractivity contribution in [3.05, 3.63) is 35.1 Å². The van der Waals surface area contributed by atoms with Gasteiger partial charge in [0.1, 0.15) is 5.76 Å². The number of allylic oxidation sites excluding steroid dienone is 4. The van der Waals surface area contributed by atoms with Crippen LogP contribution in [-0.2, 0) is 4.79 Å². The van der Waals surface area contributed by atoms with E-state index in [-0.39, 0.29) is 17.1 Å². The van der Waals surface area contributed by atoms with Gasteiger partial charge in [-0.25, -0.2) is 4.79 Å². The number of carboxylic acids is 1. The van der Waals surface area contributed by atoms with Gasteiger partial charge in [0.15, 0.2) is 0 Å². The first-order chi connectivity index (χ1) is 8.94. The van der Waals surface area contributed by atoms with Crippen molar-refractivity contribution in [3.63, 3.8) is 0 Å². The van der Waals surface area contributed by atoms with Crippen LogP contribution in [-0.4, -0.2) is 16.2 Å². The first kappa shape index (κ1) is 16.5. The first-order valence-electron chi connectivity index (χ1n) is 7.00. The number of rotatable bonds is 2. The smallest absolute Gasteiger partial charge is 0.332 e. The summed E-state index contributed by atoms with van der Waals surface area (Å²) in [6.07, 6.45) is 5.95. The standard InChI is InChI=1S/C17H26O3/c1-16(2,3)13(11-7-9-12(18)10-8-11)14(15(19)20)17(4,5)6/h7,9-11,18H,8H2,1-6H3,(H,19,20). The summed E-state index contributed by atoms with van der Waals surface area (Å²) in [5.74, 6) is -0.576. The van der Waals surface area contributed by atoms with Crippen molar-refractivity contribution in [2.45, 2.75) is 48.0 Å². The maximum Gasteiger partial charge on any atom is 0.332 e. The van der Waals surface area contributed by atoms with E-state index in [2.05, 4.69) is 0 Å². The third kappa shape index (κ3) is 3.75. The van der Waals surface area contributed by atoms with E-state index in [4.69, 9.17) is 0 Å². The number of carboxylic acid groups (broad SMARTS) is 1. The van der Waals surface area contributed by atoms with Gasteiger partial charge >= 0.3 is 5.97 Å². The summed E-state index contributed by atoms with van der Waals surface area (Å²) in [5.41, 5.74) is 0.759. The van der Waals surface area contributed by atoms with E-state index in [0.29, 0.717) is 12.0 Å². The second-order valence-electron chi connectivity index (χ2n) is 7.42. The first-order valence-corrected chi connectivity index (χ1v) is 7.00. The van der Waals surface area contributed by atoms with Crippen molar-refractivity contribution >= 4 is 5.97 Å². The highest BCUT2D eigenvalue weighted by Gasteiger charge is 2.35. The summed E-state index contributed by atoms with van der Waals surface area (Å²) < 4.78 is 0. The van der Waals surface area contributed by atoms with Crippen LogP contribution in [0.15, 0.2) is 35.1 Å². The van der Waals surface area contributed by atoms with Crippen LogP contribution < -0.4 is 0 Å². The molecule has 20 heavy (non-hydrogen) atoms. The van der Waals surface area contributed by atoms with E-state index in [1.165, 1.54) is 0 Å². The van der Waals surface area contributed by atoms with Gasteiger partial charge in [-0.15, -0.1) is 0 Å². The summed E-state index contributed by atoms with van der Waals surface area (Å²) in [7, 11) is 0. The van der Waals surface area contributed by atoms with Gasteiger partial charge in [0, 0.05) is 11.5 Å². The molecule has 0 aromatic heterocycles. The third-order valence-electron chi connectivity index (χ3n) is 3.49. The molecule has 3 heteroatoms. The predicted molar refractivity (Wildman–Crippen MR) is 81.5 cm³/mol. The Morgan fingerprint density at radius 2 is 1.70 bits per heavy atom. The second-order valence-corrected chi connectivity index (χ2v) is 7.42. The van der Waals surface area contributed by atoms with Gasteiger partial charge in [-0.1, -0.05) is 47.6 Å². The molecule has 112 valence electrons. The molecule has 0 fully saturated rings. The van der Waals surface area contributed by atoms with Crippen LogP contribution in [0.5, 0.6) is 0 Å². The van der Waals surface area contributed by atoms with Crippen molar-refractivity contribution in [1.82, 2.24) is 0 Å². The number of aliphatic hydroxyl groups excluding tert-OH is 1. The lowest BCUT2D eigenvalue weighted by molar-refractivity contribution is -0.133. The quantitative estimate of drug-likeness (QED) is 0.732. The average molecular weight is 278 g/mol. The van der Waals surface area contributed by atoms with E-state index in [9.17, 15) is 15.0 Å². The van der Waals surface area contributed by atoms with Crippen molar-refractivity contribution in [2.75, 3.05) is 0 Å². The summed E-state index contributed by atoms with van der Waals surface area (Å²) in [4.78, 5) is 11.8. The summed E-state index contributed by atoms with van der Waals surface area (Å²) in [6.45, 7) is 11.9. The van der Waals surface area contributed by atoms with Crippen molar-refractivity contribution in [1.29, 1.82) is 0 Å². The molecule has 0 bridgehead atoms. The zero-order valence-electron chi connectivity index (χ0n) is 13.3. The molecule has 2 N–H and O–H groups in total. The lowest BCUT2D eigenvalue weighted by atomic mass is 9.69. The SMILES string of the molecule is CC(C)(C)C(C(=O)O)=C(C1C=CC(O)=CC1)C(C)(C)C. The zero-order chi connectivity index (χ0) is 15.7. The molecule has 3 nitrogen and oxygen atoms in total. The second kappa shape index (κ2) is 5.47. The molecule has 1 aliphatic carbocycles. The zero-order valence-corrected chi connectivity index (χ0v) is 13.3. The van der Waals surface area contributed by atoms with Crippen LogP contribution in [0, 0.1) is 16.7 Å². The Labute approximate surface area is 121 Å². The molecule has 0 heterocycles. The topological polar surface area (TPSA) is 57.5 Å². The van der Waals surface area contributed by atoms with Gasteiger partial charge in [0.25, 0.3) is 0 Å². The maximum absolute atomic E-state index is 11.8. The van der Waals surface area contributed by atoms with Crippen molar-refractivity contribution in [2.24, 2.45) is 16.7 Å². The number of hydrogen-bond acceptors (Lipinski definition) is 2. The average Bonchev–Trinajstić information content (AvgIpc) is 2.23. The van der Waals surface area contributed by atoms with E-state index in [1.807, 2.05) is 47.6 Å². The number of carbonyl (C=O) groups is 1. The fraction of sp³-hybridized carbons (Fsp3) is 0.588. The maximum atomic E-state index is 11.8. The Morgan fingerprint density at radius 1 is 1.15 bits per heavy atom. The molecule has 0 spiro atoms. The monoisotopic (exact) mass is 278 g/mol. The molecule has 0 aromatic rings. The van der Waals surface area contributed by atoms with Crippen LogP contribution in [0.1, 0.15) is 48.0 Å². The van der Waals surface area contributed by atoms with Crippen LogP contribution in [0.25, 0.3) is 0 Å². The fourth-order valence-corrected chi connectivity index (χ4v) is 2.78. The van der Waals surface area contributed by atoms with Crippen LogP contribution in [0.2, 0.25) is 0 Å². The summed E-state index contributed by atoms with van der Waals surface area (Å²) >= 11 is 0. The number of aliphatic hydroxyl groups is 1. The van der Waals surface area contributed by atoms with Crippen molar-refractivity contribution in [3.8, 4) is 0 Å².